The molecule has 0 aliphatic carbocycles. The second kappa shape index (κ2) is 14.4. The van der Waals surface area contributed by atoms with Crippen molar-refractivity contribution in [2.45, 2.75) is 19.3 Å². The molecule has 198 valence electrons. The van der Waals surface area contributed by atoms with E-state index in [4.69, 9.17) is 14.2 Å². The van der Waals surface area contributed by atoms with Crippen molar-refractivity contribution in [3.05, 3.63) is 82.8 Å². The van der Waals surface area contributed by atoms with Crippen LogP contribution in [0.15, 0.2) is 77.3 Å². The van der Waals surface area contributed by atoms with E-state index in [1.807, 2.05) is 0 Å². The van der Waals surface area contributed by atoms with Crippen LogP contribution in [-0.4, -0.2) is 37.4 Å². The van der Waals surface area contributed by atoms with Crippen LogP contribution in [0.5, 0.6) is 17.2 Å². The Bertz CT molecular complexity index is 1250. The number of hydrogen-bond acceptors (Lipinski definition) is 7. The lowest BCUT2D eigenvalue weighted by molar-refractivity contribution is -0.148. The number of benzene rings is 3. The smallest absolute Gasteiger partial charge is 0.306 e. The average molecular weight is 584 g/mol. The van der Waals surface area contributed by atoms with Crippen molar-refractivity contribution in [3.8, 4) is 17.2 Å². The van der Waals surface area contributed by atoms with Gasteiger partial charge in [0.05, 0.1) is 7.11 Å². The highest BCUT2D eigenvalue weighted by Gasteiger charge is 2.11. The normalized spacial score (nSPS) is 10.2. The lowest BCUT2D eigenvalue weighted by Crippen LogP contribution is -2.43. The van der Waals surface area contributed by atoms with Gasteiger partial charge in [0.25, 0.3) is 11.8 Å². The zero-order valence-electron chi connectivity index (χ0n) is 20.5. The fourth-order valence-electron chi connectivity index (χ4n) is 3.06. The predicted octanol–water partition coefficient (Wildman–Crippen LogP) is 4.36. The van der Waals surface area contributed by atoms with Crippen LogP contribution in [0.4, 0.5) is 5.69 Å². The highest BCUT2D eigenvalue weighted by atomic mass is 79.9. The summed E-state index contributed by atoms with van der Waals surface area (Å²) < 4.78 is 16.5. The molecule has 10 nitrogen and oxygen atoms in total. The molecule has 0 radical (unpaired) electrons. The molecule has 3 aromatic carbocycles. The summed E-state index contributed by atoms with van der Waals surface area (Å²) in [5, 5.41) is 2.75. The summed E-state index contributed by atoms with van der Waals surface area (Å²) in [6, 6.07) is 20.6. The third-order valence-electron chi connectivity index (χ3n) is 5.00. The molecule has 0 fully saturated rings. The van der Waals surface area contributed by atoms with Crippen molar-refractivity contribution in [3.63, 3.8) is 0 Å². The standard InChI is InChI=1S/C27H26BrN3O7/c1-36-21-13-15-23(16-14-21)38-22-11-9-20(10-12-22)29-24(32)3-2-4-26(34)37-17-25(33)30-31-27(35)18-5-7-19(28)8-6-18/h5-16H,2-4,17H2,1H3,(H,29,32)(H,30,33)(H,31,35). The summed E-state index contributed by atoms with van der Waals surface area (Å²) in [6.45, 7) is -0.559. The van der Waals surface area contributed by atoms with Gasteiger partial charge in [0.1, 0.15) is 17.2 Å². The lowest BCUT2D eigenvalue weighted by atomic mass is 10.2. The van der Waals surface area contributed by atoms with Crippen molar-refractivity contribution in [2.24, 2.45) is 0 Å². The van der Waals surface area contributed by atoms with E-state index in [1.54, 1.807) is 79.9 Å². The van der Waals surface area contributed by atoms with Gasteiger partial charge in [-0.05, 0) is 79.2 Å². The summed E-state index contributed by atoms with van der Waals surface area (Å²) in [7, 11) is 1.59. The van der Waals surface area contributed by atoms with Gasteiger partial charge in [-0.2, -0.15) is 0 Å². The molecule has 0 bridgehead atoms. The van der Waals surface area contributed by atoms with Gasteiger partial charge in [0.15, 0.2) is 6.61 Å². The van der Waals surface area contributed by atoms with E-state index in [0.717, 1.165) is 10.2 Å². The monoisotopic (exact) mass is 583 g/mol. The van der Waals surface area contributed by atoms with Crippen LogP contribution >= 0.6 is 15.9 Å². The Morgan fingerprint density at radius 2 is 1.34 bits per heavy atom. The van der Waals surface area contributed by atoms with Gasteiger partial charge in [-0.1, -0.05) is 15.9 Å². The van der Waals surface area contributed by atoms with Crippen LogP contribution in [0, 0.1) is 0 Å². The molecule has 3 N–H and O–H groups in total. The van der Waals surface area contributed by atoms with Gasteiger partial charge < -0.3 is 19.5 Å². The SMILES string of the molecule is COc1ccc(Oc2ccc(NC(=O)CCCC(=O)OCC(=O)NNC(=O)c3ccc(Br)cc3)cc2)cc1. The molecule has 0 saturated carbocycles. The third-order valence-corrected chi connectivity index (χ3v) is 5.53. The number of ether oxygens (including phenoxy) is 3. The van der Waals surface area contributed by atoms with Gasteiger partial charge >= 0.3 is 5.97 Å². The molecule has 0 heterocycles. The number of hydrogen-bond donors (Lipinski definition) is 3. The van der Waals surface area contributed by atoms with Crippen LogP contribution < -0.4 is 25.6 Å². The van der Waals surface area contributed by atoms with Crippen LogP contribution in [0.1, 0.15) is 29.6 Å². The third kappa shape index (κ3) is 9.58. The molecule has 0 atom stereocenters. The van der Waals surface area contributed by atoms with Gasteiger partial charge in [-0.25, -0.2) is 0 Å². The summed E-state index contributed by atoms with van der Waals surface area (Å²) >= 11 is 3.27. The lowest BCUT2D eigenvalue weighted by Gasteiger charge is -2.09. The molecule has 3 rings (SSSR count). The number of carbonyl (C=O) groups is 4. The first-order valence-electron chi connectivity index (χ1n) is 11.5. The molecular weight excluding hydrogens is 558 g/mol. The van der Waals surface area contributed by atoms with Crippen molar-refractivity contribution in [2.75, 3.05) is 19.0 Å². The number of amides is 3. The van der Waals surface area contributed by atoms with Crippen LogP contribution in [0.25, 0.3) is 0 Å². The molecule has 11 heteroatoms. The second-order valence-corrected chi connectivity index (χ2v) is 8.79. The quantitative estimate of drug-likeness (QED) is 0.225. The molecule has 0 spiro atoms. The molecule has 0 aliphatic rings. The first-order valence-corrected chi connectivity index (χ1v) is 12.3. The van der Waals surface area contributed by atoms with E-state index in [2.05, 4.69) is 32.1 Å². The number of methoxy groups -OCH3 is 1. The van der Waals surface area contributed by atoms with E-state index >= 15 is 0 Å². The van der Waals surface area contributed by atoms with Crippen molar-refractivity contribution in [1.82, 2.24) is 10.9 Å². The number of halogens is 1. The Kier molecular flexibility index (Phi) is 10.7. The molecule has 0 aromatic heterocycles. The van der Waals surface area contributed by atoms with E-state index in [-0.39, 0.29) is 25.2 Å². The maximum atomic E-state index is 12.2. The average Bonchev–Trinajstić information content (AvgIpc) is 2.92. The molecular formula is C27H26BrN3O7. The van der Waals surface area contributed by atoms with Gasteiger partial charge in [-0.15, -0.1) is 0 Å². The second-order valence-electron chi connectivity index (χ2n) is 7.87. The van der Waals surface area contributed by atoms with E-state index < -0.39 is 24.4 Å². The maximum absolute atomic E-state index is 12.2. The molecule has 0 saturated heterocycles. The van der Waals surface area contributed by atoms with Crippen molar-refractivity contribution < 1.29 is 33.4 Å². The summed E-state index contributed by atoms with van der Waals surface area (Å²) in [4.78, 5) is 47.8. The number of esters is 1. The summed E-state index contributed by atoms with van der Waals surface area (Å²) in [6.07, 6.45) is 0.292. The van der Waals surface area contributed by atoms with Gasteiger partial charge in [-0.3, -0.25) is 30.0 Å². The fourth-order valence-corrected chi connectivity index (χ4v) is 3.32. The molecule has 3 aromatic rings. The minimum atomic E-state index is -0.694. The van der Waals surface area contributed by atoms with Gasteiger partial charge in [0.2, 0.25) is 5.91 Å². The van der Waals surface area contributed by atoms with Crippen LogP contribution in [0.3, 0.4) is 0 Å². The van der Waals surface area contributed by atoms with Crippen molar-refractivity contribution >= 4 is 45.3 Å². The number of nitrogens with one attached hydrogen (secondary N) is 3. The first-order chi connectivity index (χ1) is 18.3. The minimum Gasteiger partial charge on any atom is -0.497 e. The molecule has 3 amide bonds. The molecule has 38 heavy (non-hydrogen) atoms. The summed E-state index contributed by atoms with van der Waals surface area (Å²) in [5.74, 6) is -0.122. The topological polar surface area (TPSA) is 132 Å². The Hall–Kier alpha value is -4.38. The fraction of sp³-hybridized carbons (Fsp3) is 0.185. The zero-order chi connectivity index (χ0) is 27.3. The van der Waals surface area contributed by atoms with E-state index in [0.29, 0.717) is 22.7 Å². The Labute approximate surface area is 227 Å². The molecule has 0 aliphatic heterocycles. The highest BCUT2D eigenvalue weighted by Crippen LogP contribution is 2.25. The predicted molar refractivity (Wildman–Crippen MR) is 143 cm³/mol. The van der Waals surface area contributed by atoms with Crippen LogP contribution in [-0.2, 0) is 19.1 Å². The Balaban J connectivity index is 1.29. The van der Waals surface area contributed by atoms with Crippen molar-refractivity contribution in [1.29, 1.82) is 0 Å². The number of rotatable bonds is 11. The summed E-state index contributed by atoms with van der Waals surface area (Å²) in [5.41, 5.74) is 5.33. The minimum absolute atomic E-state index is 0.0411. The van der Waals surface area contributed by atoms with Gasteiger partial charge in [0, 0.05) is 28.6 Å². The number of carbonyl (C=O) groups excluding carboxylic acids is 4. The first kappa shape index (κ1) is 28.2. The zero-order valence-corrected chi connectivity index (χ0v) is 22.1. The Morgan fingerprint density at radius 3 is 1.97 bits per heavy atom. The molecule has 0 unspecified atom stereocenters. The maximum Gasteiger partial charge on any atom is 0.306 e. The number of hydrazine groups is 1. The largest absolute Gasteiger partial charge is 0.497 e. The highest BCUT2D eigenvalue weighted by molar-refractivity contribution is 9.10. The Morgan fingerprint density at radius 1 is 0.737 bits per heavy atom. The van der Waals surface area contributed by atoms with E-state index in [1.165, 1.54) is 0 Å². The van der Waals surface area contributed by atoms with Crippen LogP contribution in [0.2, 0.25) is 0 Å². The van der Waals surface area contributed by atoms with E-state index in [9.17, 15) is 19.2 Å². The number of anilines is 1.